The number of rotatable bonds is 4. The Bertz CT molecular complexity index is 609. The van der Waals surface area contributed by atoms with Crippen molar-refractivity contribution in [2.24, 2.45) is 5.84 Å². The zero-order valence-corrected chi connectivity index (χ0v) is 11.3. The van der Waals surface area contributed by atoms with Crippen LogP contribution >= 0.6 is 0 Å². The molecule has 0 saturated carbocycles. The molecule has 4 nitrogen and oxygen atoms in total. The van der Waals surface area contributed by atoms with Crippen LogP contribution in [0.2, 0.25) is 0 Å². The van der Waals surface area contributed by atoms with Crippen LogP contribution < -0.4 is 16.6 Å². The average molecular weight is 296 g/mol. The fourth-order valence-corrected chi connectivity index (χ4v) is 1.80. The number of aromatic nitrogens is 1. The van der Waals surface area contributed by atoms with Crippen LogP contribution in [-0.4, -0.2) is 4.98 Å². The summed E-state index contributed by atoms with van der Waals surface area (Å²) in [5.74, 6) is 5.17. The highest BCUT2D eigenvalue weighted by Gasteiger charge is 2.31. The van der Waals surface area contributed by atoms with E-state index >= 15 is 0 Å². The van der Waals surface area contributed by atoms with Gasteiger partial charge in [-0.2, -0.15) is 13.2 Å². The van der Waals surface area contributed by atoms with Crippen molar-refractivity contribution in [2.45, 2.75) is 19.5 Å². The van der Waals surface area contributed by atoms with Gasteiger partial charge in [-0.25, -0.2) is 10.8 Å². The maximum Gasteiger partial charge on any atom is 0.416 e. The molecule has 1 heterocycles. The largest absolute Gasteiger partial charge is 0.416 e. The standard InChI is InChI=1S/C14H15F3N4/c1-2-9-3-5-11(6-4-9)19-12-7-10(14(15,16)17)8-13(20-12)21-18/h3-8H,2,18H2,1H3,(H2,19,20,21). The predicted octanol–water partition coefficient (Wildman–Crippen LogP) is 3.69. The summed E-state index contributed by atoms with van der Waals surface area (Å²) < 4.78 is 38.4. The summed E-state index contributed by atoms with van der Waals surface area (Å²) >= 11 is 0. The van der Waals surface area contributed by atoms with Gasteiger partial charge < -0.3 is 10.7 Å². The molecule has 2 aromatic rings. The van der Waals surface area contributed by atoms with Gasteiger partial charge in [0.05, 0.1) is 5.56 Å². The third-order valence-corrected chi connectivity index (χ3v) is 2.94. The molecule has 0 aliphatic heterocycles. The number of nitrogen functional groups attached to an aromatic ring is 1. The van der Waals surface area contributed by atoms with E-state index in [1.165, 1.54) is 0 Å². The summed E-state index contributed by atoms with van der Waals surface area (Å²) in [7, 11) is 0. The van der Waals surface area contributed by atoms with Gasteiger partial charge in [0.25, 0.3) is 0 Å². The zero-order valence-electron chi connectivity index (χ0n) is 11.3. The first kappa shape index (κ1) is 15.1. The summed E-state index contributed by atoms with van der Waals surface area (Å²) in [5.41, 5.74) is 3.11. The van der Waals surface area contributed by atoms with E-state index < -0.39 is 11.7 Å². The number of hydrogen-bond donors (Lipinski definition) is 3. The Morgan fingerprint density at radius 1 is 1.10 bits per heavy atom. The topological polar surface area (TPSA) is 63.0 Å². The lowest BCUT2D eigenvalue weighted by Crippen LogP contribution is -2.13. The number of alkyl halides is 3. The van der Waals surface area contributed by atoms with Crippen LogP contribution in [0.1, 0.15) is 18.1 Å². The van der Waals surface area contributed by atoms with Crippen molar-refractivity contribution in [2.75, 3.05) is 10.7 Å². The molecule has 21 heavy (non-hydrogen) atoms. The molecule has 0 aliphatic carbocycles. The minimum absolute atomic E-state index is 0.0579. The van der Waals surface area contributed by atoms with Crippen LogP contribution in [0.15, 0.2) is 36.4 Å². The van der Waals surface area contributed by atoms with Gasteiger partial charge >= 0.3 is 6.18 Å². The fraction of sp³-hybridized carbons (Fsp3) is 0.214. The number of halogens is 3. The molecule has 0 amide bonds. The van der Waals surface area contributed by atoms with E-state index in [4.69, 9.17) is 5.84 Å². The van der Waals surface area contributed by atoms with E-state index in [1.54, 1.807) is 12.1 Å². The zero-order chi connectivity index (χ0) is 15.5. The van der Waals surface area contributed by atoms with Crippen LogP contribution in [0.5, 0.6) is 0 Å². The van der Waals surface area contributed by atoms with E-state index in [2.05, 4.69) is 15.7 Å². The minimum atomic E-state index is -4.46. The highest BCUT2D eigenvalue weighted by atomic mass is 19.4. The summed E-state index contributed by atoms with van der Waals surface area (Å²) in [4.78, 5) is 3.96. The third-order valence-electron chi connectivity index (χ3n) is 2.94. The number of benzene rings is 1. The Morgan fingerprint density at radius 3 is 2.24 bits per heavy atom. The van der Waals surface area contributed by atoms with Crippen LogP contribution in [0.4, 0.5) is 30.5 Å². The normalized spacial score (nSPS) is 11.3. The molecule has 4 N–H and O–H groups in total. The molecule has 0 saturated heterocycles. The SMILES string of the molecule is CCc1ccc(Nc2cc(C(F)(F)F)cc(NN)n2)cc1. The first-order valence-electron chi connectivity index (χ1n) is 6.34. The second kappa shape index (κ2) is 6.01. The minimum Gasteiger partial charge on any atom is -0.340 e. The first-order valence-corrected chi connectivity index (χ1v) is 6.34. The van der Waals surface area contributed by atoms with Gasteiger partial charge in [-0.05, 0) is 36.2 Å². The smallest absolute Gasteiger partial charge is 0.340 e. The molecule has 112 valence electrons. The lowest BCUT2D eigenvalue weighted by atomic mass is 10.1. The number of hydrogen-bond acceptors (Lipinski definition) is 4. The number of nitrogens with two attached hydrogens (primary N) is 1. The van der Waals surface area contributed by atoms with Crippen molar-refractivity contribution in [3.63, 3.8) is 0 Å². The van der Waals surface area contributed by atoms with Gasteiger partial charge in [0.2, 0.25) is 0 Å². The molecule has 0 aliphatic rings. The van der Waals surface area contributed by atoms with Crippen LogP contribution in [0.3, 0.4) is 0 Å². The molecule has 0 spiro atoms. The average Bonchev–Trinajstić information content (AvgIpc) is 2.46. The maximum atomic E-state index is 12.8. The Labute approximate surface area is 120 Å². The summed E-state index contributed by atoms with van der Waals surface area (Å²) in [6, 6.07) is 9.17. The molecular formula is C14H15F3N4. The molecule has 0 fully saturated rings. The van der Waals surface area contributed by atoms with Crippen molar-refractivity contribution >= 4 is 17.3 Å². The van der Waals surface area contributed by atoms with Gasteiger partial charge in [-0.15, -0.1) is 0 Å². The quantitative estimate of drug-likeness (QED) is 0.595. The van der Waals surface area contributed by atoms with Crippen LogP contribution in [0, 0.1) is 0 Å². The predicted molar refractivity (Wildman–Crippen MR) is 76.2 cm³/mol. The molecule has 7 heteroatoms. The van der Waals surface area contributed by atoms with Gasteiger partial charge in [0.15, 0.2) is 0 Å². The van der Waals surface area contributed by atoms with Crippen molar-refractivity contribution in [3.05, 3.63) is 47.5 Å². The number of anilines is 3. The van der Waals surface area contributed by atoms with Gasteiger partial charge in [-0.1, -0.05) is 19.1 Å². The summed E-state index contributed by atoms with van der Waals surface area (Å²) in [6.07, 6.45) is -3.57. The van der Waals surface area contributed by atoms with Crippen LogP contribution in [0.25, 0.3) is 0 Å². The van der Waals surface area contributed by atoms with Crippen molar-refractivity contribution in [1.29, 1.82) is 0 Å². The molecule has 0 radical (unpaired) electrons. The number of nitrogens with zero attached hydrogens (tertiary/aromatic N) is 1. The lowest BCUT2D eigenvalue weighted by Gasteiger charge is -2.12. The molecule has 1 aromatic heterocycles. The number of hydrazine groups is 1. The molecule has 0 unspecified atom stereocenters. The second-order valence-corrected chi connectivity index (χ2v) is 4.44. The molecule has 0 atom stereocenters. The Morgan fingerprint density at radius 2 is 1.71 bits per heavy atom. The van der Waals surface area contributed by atoms with Crippen LogP contribution in [-0.2, 0) is 12.6 Å². The van der Waals surface area contributed by atoms with Crippen molar-refractivity contribution in [1.82, 2.24) is 4.98 Å². The van der Waals surface area contributed by atoms with Gasteiger partial charge in [0, 0.05) is 5.69 Å². The van der Waals surface area contributed by atoms with E-state index in [1.807, 2.05) is 19.1 Å². The number of nitrogens with one attached hydrogen (secondary N) is 2. The van der Waals surface area contributed by atoms with E-state index in [0.29, 0.717) is 5.69 Å². The lowest BCUT2D eigenvalue weighted by molar-refractivity contribution is -0.137. The molecule has 1 aromatic carbocycles. The molecular weight excluding hydrogens is 281 g/mol. The monoisotopic (exact) mass is 296 g/mol. The van der Waals surface area contributed by atoms with E-state index in [9.17, 15) is 13.2 Å². The van der Waals surface area contributed by atoms with Gasteiger partial charge in [-0.3, -0.25) is 0 Å². The van der Waals surface area contributed by atoms with E-state index in [0.717, 1.165) is 24.1 Å². The fourth-order valence-electron chi connectivity index (χ4n) is 1.80. The second-order valence-electron chi connectivity index (χ2n) is 4.44. The molecule has 0 bridgehead atoms. The highest BCUT2D eigenvalue weighted by molar-refractivity contribution is 5.59. The molecule has 2 rings (SSSR count). The number of aryl methyl sites for hydroxylation is 1. The number of pyridine rings is 1. The maximum absolute atomic E-state index is 12.8. The Balaban J connectivity index is 2.29. The van der Waals surface area contributed by atoms with Crippen molar-refractivity contribution in [3.8, 4) is 0 Å². The first-order chi connectivity index (χ1) is 9.92. The van der Waals surface area contributed by atoms with Gasteiger partial charge in [0.1, 0.15) is 11.6 Å². The Kier molecular flexibility index (Phi) is 4.32. The summed E-state index contributed by atoms with van der Waals surface area (Å²) in [6.45, 7) is 2.02. The Hall–Kier alpha value is -2.28. The highest BCUT2D eigenvalue weighted by Crippen LogP contribution is 2.32. The third kappa shape index (κ3) is 3.85. The van der Waals surface area contributed by atoms with Crippen molar-refractivity contribution < 1.29 is 13.2 Å². The summed E-state index contributed by atoms with van der Waals surface area (Å²) in [5, 5.41) is 2.84. The van der Waals surface area contributed by atoms with E-state index in [-0.39, 0.29) is 11.6 Å².